The number of carbonyl (C=O) groups excluding carboxylic acids is 1. The Hall–Kier alpha value is -2.80. The Morgan fingerprint density at radius 3 is 2.63 bits per heavy atom. The molecule has 2 rings (SSSR count). The van der Waals surface area contributed by atoms with Crippen molar-refractivity contribution >= 4 is 23.5 Å². The molecule has 0 saturated carbocycles. The number of methoxy groups -OCH3 is 1. The zero-order valence-electron chi connectivity index (χ0n) is 14.6. The molecule has 2 N–H and O–H groups in total. The normalized spacial score (nSPS) is 11.5. The maximum atomic E-state index is 13.0. The number of aliphatic carboxylic acids is 1. The summed E-state index contributed by atoms with van der Waals surface area (Å²) in [6, 6.07) is 10.6. The summed E-state index contributed by atoms with van der Waals surface area (Å²) in [5.41, 5.74) is 0.732. The highest BCUT2D eigenvalue weighted by atomic mass is 35.5. The van der Waals surface area contributed by atoms with Gasteiger partial charge < -0.3 is 19.9 Å². The molecule has 0 aliphatic rings. The van der Waals surface area contributed by atoms with Gasteiger partial charge in [0, 0.05) is 6.54 Å². The largest absolute Gasteiger partial charge is 0.496 e. The SMILES string of the molecule is COc1ccccc1CC(CNC(=O)COc1ccc(F)cc1Cl)C(=O)O. The first-order valence-electron chi connectivity index (χ1n) is 8.10. The lowest BCUT2D eigenvalue weighted by Crippen LogP contribution is -2.36. The average molecular weight is 396 g/mol. The van der Waals surface area contributed by atoms with Gasteiger partial charge in [-0.25, -0.2) is 4.39 Å². The molecular formula is C19H19ClFNO5. The van der Waals surface area contributed by atoms with Crippen LogP contribution in [-0.4, -0.2) is 37.2 Å². The van der Waals surface area contributed by atoms with Crippen LogP contribution in [0, 0.1) is 11.7 Å². The predicted molar refractivity (Wildman–Crippen MR) is 97.7 cm³/mol. The van der Waals surface area contributed by atoms with E-state index in [1.807, 2.05) is 0 Å². The van der Waals surface area contributed by atoms with Crippen molar-refractivity contribution in [3.05, 3.63) is 58.9 Å². The second kappa shape index (κ2) is 9.78. The van der Waals surface area contributed by atoms with Crippen LogP contribution in [0.5, 0.6) is 11.5 Å². The minimum atomic E-state index is -1.04. The molecule has 144 valence electrons. The molecule has 0 saturated heterocycles. The van der Waals surface area contributed by atoms with Crippen molar-refractivity contribution in [1.29, 1.82) is 0 Å². The molecule has 0 aliphatic carbocycles. The highest BCUT2D eigenvalue weighted by molar-refractivity contribution is 6.32. The first-order valence-corrected chi connectivity index (χ1v) is 8.47. The quantitative estimate of drug-likeness (QED) is 0.682. The number of benzene rings is 2. The zero-order valence-corrected chi connectivity index (χ0v) is 15.3. The number of nitrogens with one attached hydrogen (secondary N) is 1. The number of hydrogen-bond acceptors (Lipinski definition) is 4. The number of rotatable bonds is 9. The van der Waals surface area contributed by atoms with E-state index in [4.69, 9.17) is 21.1 Å². The van der Waals surface area contributed by atoms with Crippen molar-refractivity contribution in [2.24, 2.45) is 5.92 Å². The fourth-order valence-electron chi connectivity index (χ4n) is 2.41. The lowest BCUT2D eigenvalue weighted by atomic mass is 9.98. The molecule has 27 heavy (non-hydrogen) atoms. The third-order valence-electron chi connectivity index (χ3n) is 3.81. The van der Waals surface area contributed by atoms with E-state index in [2.05, 4.69) is 5.32 Å². The summed E-state index contributed by atoms with van der Waals surface area (Å²) in [5.74, 6) is -2.15. The fraction of sp³-hybridized carbons (Fsp3) is 0.263. The van der Waals surface area contributed by atoms with Gasteiger partial charge in [-0.05, 0) is 36.2 Å². The topological polar surface area (TPSA) is 84.9 Å². The Bertz CT molecular complexity index is 814. The Labute approximate surface area is 160 Å². The highest BCUT2D eigenvalue weighted by Gasteiger charge is 2.21. The number of carboxylic acid groups (broad SMARTS) is 1. The van der Waals surface area contributed by atoms with Crippen LogP contribution >= 0.6 is 11.6 Å². The van der Waals surface area contributed by atoms with Crippen molar-refractivity contribution in [1.82, 2.24) is 5.32 Å². The van der Waals surface area contributed by atoms with Gasteiger partial charge in [0.25, 0.3) is 5.91 Å². The summed E-state index contributed by atoms with van der Waals surface area (Å²) in [6.07, 6.45) is 0.199. The number of carbonyl (C=O) groups is 2. The smallest absolute Gasteiger partial charge is 0.308 e. The third-order valence-corrected chi connectivity index (χ3v) is 4.10. The van der Waals surface area contributed by atoms with E-state index < -0.39 is 23.6 Å². The third kappa shape index (κ3) is 6.14. The molecule has 0 aliphatic heterocycles. The summed E-state index contributed by atoms with van der Waals surface area (Å²) < 4.78 is 23.4. The number of ether oxygens (including phenoxy) is 2. The van der Waals surface area contributed by atoms with Crippen LogP contribution < -0.4 is 14.8 Å². The molecule has 2 aromatic carbocycles. The van der Waals surface area contributed by atoms with Crippen molar-refractivity contribution in [2.75, 3.05) is 20.3 Å². The zero-order chi connectivity index (χ0) is 19.8. The number of hydrogen-bond donors (Lipinski definition) is 2. The van der Waals surface area contributed by atoms with Gasteiger partial charge in [0.2, 0.25) is 0 Å². The van der Waals surface area contributed by atoms with E-state index in [0.717, 1.165) is 17.7 Å². The standard InChI is InChI=1S/C19H19ClFNO5/c1-26-16-5-3-2-4-12(16)8-13(19(24)25)10-22-18(23)11-27-17-7-6-14(21)9-15(17)20/h2-7,9,13H,8,10-11H2,1H3,(H,22,23)(H,24,25). The molecule has 1 unspecified atom stereocenters. The van der Waals surface area contributed by atoms with Crippen LogP contribution in [0.1, 0.15) is 5.56 Å². The Morgan fingerprint density at radius 2 is 1.96 bits per heavy atom. The molecule has 0 radical (unpaired) electrons. The van der Waals surface area contributed by atoms with Gasteiger partial charge in [0.05, 0.1) is 18.1 Å². The molecule has 0 fully saturated rings. The van der Waals surface area contributed by atoms with Crippen molar-refractivity contribution in [3.8, 4) is 11.5 Å². The molecule has 1 atom stereocenters. The number of carboxylic acids is 1. The van der Waals surface area contributed by atoms with Crippen LogP contribution in [0.4, 0.5) is 4.39 Å². The second-order valence-electron chi connectivity index (χ2n) is 5.72. The molecule has 0 heterocycles. The lowest BCUT2D eigenvalue weighted by molar-refractivity contribution is -0.141. The molecular weight excluding hydrogens is 377 g/mol. The Kier molecular flexibility index (Phi) is 7.43. The average Bonchev–Trinajstić information content (AvgIpc) is 2.64. The highest BCUT2D eigenvalue weighted by Crippen LogP contribution is 2.24. The predicted octanol–water partition coefficient (Wildman–Crippen LogP) is 2.93. The van der Waals surface area contributed by atoms with Gasteiger partial charge in [0.1, 0.15) is 17.3 Å². The van der Waals surface area contributed by atoms with Crippen LogP contribution in [0.3, 0.4) is 0 Å². The van der Waals surface area contributed by atoms with Gasteiger partial charge in [-0.15, -0.1) is 0 Å². The minimum Gasteiger partial charge on any atom is -0.496 e. The molecule has 2 aromatic rings. The molecule has 1 amide bonds. The van der Waals surface area contributed by atoms with Crippen LogP contribution in [0.25, 0.3) is 0 Å². The van der Waals surface area contributed by atoms with E-state index in [9.17, 15) is 19.1 Å². The maximum absolute atomic E-state index is 13.0. The fourth-order valence-corrected chi connectivity index (χ4v) is 2.63. The van der Waals surface area contributed by atoms with Gasteiger partial charge in [-0.2, -0.15) is 0 Å². The van der Waals surface area contributed by atoms with Gasteiger partial charge in [-0.1, -0.05) is 29.8 Å². The van der Waals surface area contributed by atoms with Crippen LogP contribution in [0.2, 0.25) is 5.02 Å². The lowest BCUT2D eigenvalue weighted by Gasteiger charge is -2.16. The molecule has 0 bridgehead atoms. The van der Waals surface area contributed by atoms with Gasteiger partial charge in [0.15, 0.2) is 6.61 Å². The first-order chi connectivity index (χ1) is 12.9. The monoisotopic (exact) mass is 395 g/mol. The molecule has 8 heteroatoms. The summed E-state index contributed by atoms with van der Waals surface area (Å²) >= 11 is 5.81. The van der Waals surface area contributed by atoms with E-state index in [-0.39, 0.29) is 30.3 Å². The van der Waals surface area contributed by atoms with Crippen molar-refractivity contribution in [3.63, 3.8) is 0 Å². The summed E-state index contributed by atoms with van der Waals surface area (Å²) in [5, 5.41) is 12.0. The van der Waals surface area contributed by atoms with E-state index >= 15 is 0 Å². The first kappa shape index (κ1) is 20.5. The number of amides is 1. The van der Waals surface area contributed by atoms with Crippen LogP contribution in [0.15, 0.2) is 42.5 Å². The van der Waals surface area contributed by atoms with E-state index in [1.165, 1.54) is 13.2 Å². The van der Waals surface area contributed by atoms with Gasteiger partial charge in [-0.3, -0.25) is 9.59 Å². The van der Waals surface area contributed by atoms with Crippen molar-refractivity contribution in [2.45, 2.75) is 6.42 Å². The maximum Gasteiger partial charge on any atom is 0.308 e. The van der Waals surface area contributed by atoms with Crippen molar-refractivity contribution < 1.29 is 28.6 Å². The Balaban J connectivity index is 1.89. The molecule has 0 spiro atoms. The van der Waals surface area contributed by atoms with E-state index in [0.29, 0.717) is 5.75 Å². The van der Waals surface area contributed by atoms with Crippen LogP contribution in [-0.2, 0) is 16.0 Å². The minimum absolute atomic E-state index is 0.0439. The summed E-state index contributed by atoms with van der Waals surface area (Å²) in [6.45, 7) is -0.445. The number of para-hydroxylation sites is 1. The van der Waals surface area contributed by atoms with E-state index in [1.54, 1.807) is 24.3 Å². The second-order valence-corrected chi connectivity index (χ2v) is 6.13. The molecule has 0 aromatic heterocycles. The summed E-state index contributed by atoms with van der Waals surface area (Å²) in [4.78, 5) is 23.4. The van der Waals surface area contributed by atoms with Gasteiger partial charge >= 0.3 is 5.97 Å². The molecule has 6 nitrogen and oxygen atoms in total. The summed E-state index contributed by atoms with van der Waals surface area (Å²) in [7, 11) is 1.51. The Morgan fingerprint density at radius 1 is 1.22 bits per heavy atom. The number of halogens is 2.